The molecule has 0 radical (unpaired) electrons. The van der Waals surface area contributed by atoms with Crippen LogP contribution in [0.3, 0.4) is 0 Å². The van der Waals surface area contributed by atoms with Crippen molar-refractivity contribution in [2.45, 2.75) is 13.3 Å². The Morgan fingerprint density at radius 3 is 2.73 bits per heavy atom. The van der Waals surface area contributed by atoms with Gasteiger partial charge in [-0.3, -0.25) is 0 Å². The van der Waals surface area contributed by atoms with Gasteiger partial charge in [-0.25, -0.2) is 9.67 Å². The summed E-state index contributed by atoms with van der Waals surface area (Å²) in [6.07, 6.45) is 6.48. The third-order valence-electron chi connectivity index (χ3n) is 2.19. The number of rotatable bonds is 3. The number of aryl methyl sites for hydroxylation is 1. The first-order valence-electron chi connectivity index (χ1n) is 4.96. The minimum absolute atomic E-state index is 0.655. The molecule has 0 saturated heterocycles. The zero-order chi connectivity index (χ0) is 10.7. The molecule has 2 rings (SSSR count). The number of aromatic nitrogens is 3. The van der Waals surface area contributed by atoms with Gasteiger partial charge in [0, 0.05) is 12.4 Å². The van der Waals surface area contributed by atoms with E-state index in [-0.39, 0.29) is 0 Å². The Hall–Kier alpha value is -1.68. The number of nitrogens with zero attached hydrogens (tertiary/aromatic N) is 3. The van der Waals surface area contributed by atoms with Crippen LogP contribution in [0.2, 0.25) is 0 Å². The van der Waals surface area contributed by atoms with E-state index in [1.54, 1.807) is 4.68 Å². The SMILES string of the molecule is Cc1cnn(-c2ccc(CCN)cn2)c1. The van der Waals surface area contributed by atoms with E-state index in [1.807, 2.05) is 37.6 Å². The minimum atomic E-state index is 0.655. The zero-order valence-electron chi connectivity index (χ0n) is 8.72. The van der Waals surface area contributed by atoms with Crippen molar-refractivity contribution in [2.24, 2.45) is 5.73 Å². The van der Waals surface area contributed by atoms with E-state index in [0.29, 0.717) is 6.54 Å². The lowest BCUT2D eigenvalue weighted by molar-refractivity contribution is 0.840. The molecular formula is C11H14N4. The molecule has 2 aromatic rings. The van der Waals surface area contributed by atoms with E-state index in [9.17, 15) is 0 Å². The van der Waals surface area contributed by atoms with Crippen molar-refractivity contribution in [1.82, 2.24) is 14.8 Å². The van der Waals surface area contributed by atoms with E-state index in [2.05, 4.69) is 10.1 Å². The van der Waals surface area contributed by atoms with Crippen LogP contribution in [0, 0.1) is 6.92 Å². The van der Waals surface area contributed by atoms with Gasteiger partial charge < -0.3 is 5.73 Å². The summed E-state index contributed by atoms with van der Waals surface area (Å²) in [6, 6.07) is 3.99. The van der Waals surface area contributed by atoms with Crippen LogP contribution < -0.4 is 5.73 Å². The molecule has 0 unspecified atom stereocenters. The maximum absolute atomic E-state index is 5.47. The van der Waals surface area contributed by atoms with Crippen LogP contribution in [0.5, 0.6) is 0 Å². The highest BCUT2D eigenvalue weighted by Gasteiger charge is 1.99. The maximum Gasteiger partial charge on any atom is 0.153 e. The fraction of sp³-hybridized carbons (Fsp3) is 0.273. The number of nitrogens with two attached hydrogens (primary N) is 1. The first-order valence-corrected chi connectivity index (χ1v) is 4.96. The normalized spacial score (nSPS) is 10.5. The summed E-state index contributed by atoms with van der Waals surface area (Å²) in [5, 5.41) is 4.19. The lowest BCUT2D eigenvalue weighted by Gasteiger charge is -2.01. The van der Waals surface area contributed by atoms with Crippen LogP contribution in [-0.4, -0.2) is 21.3 Å². The second-order valence-electron chi connectivity index (χ2n) is 3.53. The fourth-order valence-electron chi connectivity index (χ4n) is 1.40. The molecule has 0 aromatic carbocycles. The Bertz CT molecular complexity index is 430. The summed E-state index contributed by atoms with van der Waals surface area (Å²) < 4.78 is 1.77. The van der Waals surface area contributed by atoms with Gasteiger partial charge in [0.2, 0.25) is 0 Å². The predicted molar refractivity (Wildman–Crippen MR) is 58.9 cm³/mol. The van der Waals surface area contributed by atoms with Crippen molar-refractivity contribution in [3.8, 4) is 5.82 Å². The van der Waals surface area contributed by atoms with Crippen LogP contribution in [-0.2, 0) is 6.42 Å². The molecule has 0 atom stereocenters. The Balaban J connectivity index is 2.23. The van der Waals surface area contributed by atoms with Crippen molar-refractivity contribution >= 4 is 0 Å². The van der Waals surface area contributed by atoms with E-state index in [0.717, 1.165) is 23.4 Å². The molecule has 0 aliphatic rings. The van der Waals surface area contributed by atoms with Crippen molar-refractivity contribution < 1.29 is 0 Å². The van der Waals surface area contributed by atoms with Crippen LogP contribution in [0.1, 0.15) is 11.1 Å². The molecule has 15 heavy (non-hydrogen) atoms. The molecular weight excluding hydrogens is 188 g/mol. The average Bonchev–Trinajstić information content (AvgIpc) is 2.67. The lowest BCUT2D eigenvalue weighted by Crippen LogP contribution is -2.04. The quantitative estimate of drug-likeness (QED) is 0.810. The molecule has 0 aliphatic heterocycles. The van der Waals surface area contributed by atoms with Crippen LogP contribution >= 0.6 is 0 Å². The topological polar surface area (TPSA) is 56.7 Å². The number of pyridine rings is 1. The minimum Gasteiger partial charge on any atom is -0.330 e. The molecule has 78 valence electrons. The molecule has 0 amide bonds. The van der Waals surface area contributed by atoms with Gasteiger partial charge in [0.1, 0.15) is 0 Å². The highest BCUT2D eigenvalue weighted by Crippen LogP contribution is 2.06. The van der Waals surface area contributed by atoms with Gasteiger partial charge in [0.25, 0.3) is 0 Å². The third-order valence-corrected chi connectivity index (χ3v) is 2.19. The summed E-state index contributed by atoms with van der Waals surface area (Å²) in [5.74, 6) is 0.837. The van der Waals surface area contributed by atoms with Gasteiger partial charge >= 0.3 is 0 Å². The standard InChI is InChI=1S/C11H14N4/c1-9-6-14-15(8-9)11-3-2-10(4-5-12)7-13-11/h2-3,6-8H,4-5,12H2,1H3. The monoisotopic (exact) mass is 202 g/mol. The molecule has 2 heterocycles. The Morgan fingerprint density at radius 1 is 1.33 bits per heavy atom. The predicted octanol–water partition coefficient (Wildman–Crippen LogP) is 1.08. The molecule has 0 bridgehead atoms. The highest BCUT2D eigenvalue weighted by molar-refractivity contribution is 5.25. The number of hydrogen-bond acceptors (Lipinski definition) is 3. The first kappa shape index (κ1) is 9.86. The summed E-state index contributed by atoms with van der Waals surface area (Å²) in [5.41, 5.74) is 7.75. The van der Waals surface area contributed by atoms with E-state index in [4.69, 9.17) is 5.73 Å². The van der Waals surface area contributed by atoms with E-state index >= 15 is 0 Å². The Labute approximate surface area is 88.8 Å². The van der Waals surface area contributed by atoms with Gasteiger partial charge in [0.05, 0.1) is 6.20 Å². The van der Waals surface area contributed by atoms with Gasteiger partial charge in [-0.1, -0.05) is 6.07 Å². The molecule has 2 aromatic heterocycles. The van der Waals surface area contributed by atoms with Crippen molar-refractivity contribution in [3.05, 3.63) is 41.9 Å². The fourth-order valence-corrected chi connectivity index (χ4v) is 1.40. The first-order chi connectivity index (χ1) is 7.29. The Kier molecular flexibility index (Phi) is 2.78. The van der Waals surface area contributed by atoms with Gasteiger partial charge in [-0.05, 0) is 37.1 Å². The maximum atomic E-state index is 5.47. The van der Waals surface area contributed by atoms with Crippen molar-refractivity contribution in [1.29, 1.82) is 0 Å². The molecule has 2 N–H and O–H groups in total. The van der Waals surface area contributed by atoms with Crippen LogP contribution in [0.15, 0.2) is 30.7 Å². The molecule has 0 saturated carbocycles. The highest BCUT2D eigenvalue weighted by atomic mass is 15.3. The Morgan fingerprint density at radius 2 is 2.20 bits per heavy atom. The summed E-state index contributed by atoms with van der Waals surface area (Å²) >= 11 is 0. The summed E-state index contributed by atoms with van der Waals surface area (Å²) in [7, 11) is 0. The van der Waals surface area contributed by atoms with Crippen molar-refractivity contribution in [3.63, 3.8) is 0 Å². The van der Waals surface area contributed by atoms with E-state index < -0.39 is 0 Å². The van der Waals surface area contributed by atoms with Crippen LogP contribution in [0.25, 0.3) is 5.82 Å². The van der Waals surface area contributed by atoms with Crippen LogP contribution in [0.4, 0.5) is 0 Å². The smallest absolute Gasteiger partial charge is 0.153 e. The summed E-state index contributed by atoms with van der Waals surface area (Å²) in [4.78, 5) is 4.33. The van der Waals surface area contributed by atoms with Crippen molar-refractivity contribution in [2.75, 3.05) is 6.54 Å². The van der Waals surface area contributed by atoms with Gasteiger partial charge in [-0.15, -0.1) is 0 Å². The van der Waals surface area contributed by atoms with Gasteiger partial charge in [-0.2, -0.15) is 5.10 Å². The zero-order valence-corrected chi connectivity index (χ0v) is 8.72. The second kappa shape index (κ2) is 4.23. The summed E-state index contributed by atoms with van der Waals surface area (Å²) in [6.45, 7) is 2.66. The van der Waals surface area contributed by atoms with Gasteiger partial charge in [0.15, 0.2) is 5.82 Å². The molecule has 4 nitrogen and oxygen atoms in total. The molecule has 0 aliphatic carbocycles. The average molecular weight is 202 g/mol. The molecule has 0 spiro atoms. The number of hydrogen-bond donors (Lipinski definition) is 1. The largest absolute Gasteiger partial charge is 0.330 e. The molecule has 0 fully saturated rings. The lowest BCUT2D eigenvalue weighted by atomic mass is 10.2. The molecule has 4 heteroatoms. The second-order valence-corrected chi connectivity index (χ2v) is 3.53. The van der Waals surface area contributed by atoms with E-state index in [1.165, 1.54) is 0 Å². The third kappa shape index (κ3) is 2.22.